The number of Topliss-reactive ketones (excluding diaryl/α,β-unsaturated/α-hetero) is 1. The lowest BCUT2D eigenvalue weighted by Gasteiger charge is -2.08. The summed E-state index contributed by atoms with van der Waals surface area (Å²) in [6.07, 6.45) is -5.18. The van der Waals surface area contributed by atoms with Gasteiger partial charge in [-0.15, -0.1) is 5.11 Å². The van der Waals surface area contributed by atoms with E-state index in [1.807, 2.05) is 0 Å². The Morgan fingerprint density at radius 3 is 2.12 bits per heavy atom. The molecule has 0 heterocycles. The monoisotopic (exact) mass is 398 g/mol. The number of benzene rings is 2. The topological polar surface area (TPSA) is 62.0 Å². The fourth-order valence-corrected chi connectivity index (χ4v) is 1.95. The quantitative estimate of drug-likeness (QED) is 0.414. The standard InChI is InChI=1S/C16H10BrF3N2O2/c17-11-6-8-12(9-7-11)21-22-13(15(24)16(18,19)20)14(23)10-4-2-1-3-5-10/h1-9,23H/b14-13+,22-21?. The molecule has 0 spiro atoms. The third kappa shape index (κ3) is 4.51. The van der Waals surface area contributed by atoms with Crippen molar-refractivity contribution in [3.63, 3.8) is 0 Å². The van der Waals surface area contributed by atoms with Crippen LogP contribution < -0.4 is 0 Å². The molecule has 8 heteroatoms. The van der Waals surface area contributed by atoms with Crippen molar-refractivity contribution in [1.29, 1.82) is 0 Å². The zero-order chi connectivity index (χ0) is 17.7. The van der Waals surface area contributed by atoms with Crippen molar-refractivity contribution in [3.05, 3.63) is 70.3 Å². The van der Waals surface area contributed by atoms with Crippen molar-refractivity contribution in [2.75, 3.05) is 0 Å². The van der Waals surface area contributed by atoms with E-state index in [9.17, 15) is 23.1 Å². The summed E-state index contributed by atoms with van der Waals surface area (Å²) >= 11 is 3.20. The summed E-state index contributed by atoms with van der Waals surface area (Å²) < 4.78 is 39.0. The number of allylic oxidation sites excluding steroid dienone is 1. The van der Waals surface area contributed by atoms with Crippen molar-refractivity contribution in [2.24, 2.45) is 10.2 Å². The van der Waals surface area contributed by atoms with Crippen molar-refractivity contribution in [2.45, 2.75) is 6.18 Å². The molecule has 0 fully saturated rings. The first-order valence-electron chi connectivity index (χ1n) is 6.56. The predicted octanol–water partition coefficient (Wildman–Crippen LogP) is 5.59. The molecule has 0 aromatic heterocycles. The van der Waals surface area contributed by atoms with Gasteiger partial charge in [-0.05, 0) is 24.3 Å². The summed E-state index contributed by atoms with van der Waals surface area (Å²) in [7, 11) is 0. The van der Waals surface area contributed by atoms with Gasteiger partial charge in [-0.25, -0.2) is 0 Å². The molecule has 0 atom stereocenters. The van der Waals surface area contributed by atoms with Crippen LogP contribution in [0.1, 0.15) is 5.56 Å². The van der Waals surface area contributed by atoms with E-state index in [0.717, 1.165) is 4.47 Å². The minimum absolute atomic E-state index is 0.0276. The molecule has 2 aromatic carbocycles. The highest BCUT2D eigenvalue weighted by Crippen LogP contribution is 2.28. The minimum atomic E-state index is -5.18. The molecule has 0 saturated heterocycles. The van der Waals surface area contributed by atoms with Crippen molar-refractivity contribution < 1.29 is 23.1 Å². The number of carbonyl (C=O) groups is 1. The first-order valence-corrected chi connectivity index (χ1v) is 7.36. The lowest BCUT2D eigenvalue weighted by atomic mass is 10.1. The number of halogens is 4. The average Bonchev–Trinajstić information content (AvgIpc) is 2.56. The van der Waals surface area contributed by atoms with Gasteiger partial charge in [0, 0.05) is 10.0 Å². The number of nitrogens with zero attached hydrogens (tertiary/aromatic N) is 2. The van der Waals surface area contributed by atoms with Crippen LogP contribution in [0.4, 0.5) is 18.9 Å². The number of aliphatic hydroxyl groups is 1. The van der Waals surface area contributed by atoms with E-state index in [1.54, 1.807) is 18.2 Å². The van der Waals surface area contributed by atoms with Crippen LogP contribution in [0.25, 0.3) is 5.76 Å². The summed E-state index contributed by atoms with van der Waals surface area (Å²) in [5.41, 5.74) is -0.914. The van der Waals surface area contributed by atoms with Crippen LogP contribution in [0.5, 0.6) is 0 Å². The summed E-state index contributed by atoms with van der Waals surface area (Å²) in [5.74, 6) is -3.16. The number of carbonyl (C=O) groups excluding carboxylic acids is 1. The average molecular weight is 399 g/mol. The van der Waals surface area contributed by atoms with Crippen LogP contribution in [0, 0.1) is 0 Å². The Kier molecular flexibility index (Phi) is 5.50. The molecule has 0 aliphatic heterocycles. The second kappa shape index (κ2) is 7.39. The predicted molar refractivity (Wildman–Crippen MR) is 85.7 cm³/mol. The van der Waals surface area contributed by atoms with Crippen LogP contribution in [0.2, 0.25) is 0 Å². The molecule has 2 rings (SSSR count). The number of hydrogen-bond acceptors (Lipinski definition) is 4. The van der Waals surface area contributed by atoms with Gasteiger partial charge in [-0.2, -0.15) is 18.3 Å². The summed E-state index contributed by atoms with van der Waals surface area (Å²) in [4.78, 5) is 11.6. The molecule has 0 aliphatic carbocycles. The highest BCUT2D eigenvalue weighted by molar-refractivity contribution is 9.10. The molecule has 0 unspecified atom stereocenters. The molecule has 0 saturated carbocycles. The van der Waals surface area contributed by atoms with Gasteiger partial charge in [0.2, 0.25) is 0 Å². The van der Waals surface area contributed by atoms with Crippen LogP contribution in [0.15, 0.2) is 75.0 Å². The van der Waals surface area contributed by atoms with Crippen LogP contribution in [-0.2, 0) is 4.79 Å². The maximum Gasteiger partial charge on any atom is 0.456 e. The third-order valence-corrected chi connectivity index (χ3v) is 3.36. The lowest BCUT2D eigenvalue weighted by Crippen LogP contribution is -2.24. The molecule has 2 aromatic rings. The van der Waals surface area contributed by atoms with Crippen molar-refractivity contribution in [3.8, 4) is 0 Å². The maximum absolute atomic E-state index is 12.8. The van der Waals surface area contributed by atoms with E-state index in [-0.39, 0.29) is 11.3 Å². The molecular weight excluding hydrogens is 389 g/mol. The molecule has 0 radical (unpaired) electrons. The number of azo groups is 1. The zero-order valence-corrected chi connectivity index (χ0v) is 13.5. The Balaban J connectivity index is 2.47. The van der Waals surface area contributed by atoms with E-state index in [1.165, 1.54) is 36.4 Å². The molecule has 0 bridgehead atoms. The van der Waals surface area contributed by atoms with E-state index in [4.69, 9.17) is 0 Å². The first-order chi connectivity index (χ1) is 11.3. The normalized spacial score (nSPS) is 13.0. The fourth-order valence-electron chi connectivity index (χ4n) is 1.68. The second-order valence-electron chi connectivity index (χ2n) is 4.57. The Morgan fingerprint density at radius 1 is 1.00 bits per heavy atom. The summed E-state index contributed by atoms with van der Waals surface area (Å²) in [5, 5.41) is 17.0. The van der Waals surface area contributed by atoms with Crippen molar-refractivity contribution >= 4 is 33.2 Å². The Labute approximate surface area is 143 Å². The number of rotatable bonds is 4. The van der Waals surface area contributed by atoms with E-state index < -0.39 is 23.4 Å². The molecule has 0 amide bonds. The van der Waals surface area contributed by atoms with Crippen molar-refractivity contribution in [1.82, 2.24) is 0 Å². The number of hydrogen-bond donors (Lipinski definition) is 1. The third-order valence-electron chi connectivity index (χ3n) is 2.84. The number of aliphatic hydroxyl groups excluding tert-OH is 1. The zero-order valence-electron chi connectivity index (χ0n) is 12.0. The highest BCUT2D eigenvalue weighted by atomic mass is 79.9. The molecule has 124 valence electrons. The van der Waals surface area contributed by atoms with Gasteiger partial charge in [0.15, 0.2) is 11.5 Å². The van der Waals surface area contributed by atoms with Gasteiger partial charge in [-0.3, -0.25) is 4.79 Å². The van der Waals surface area contributed by atoms with Crippen LogP contribution >= 0.6 is 15.9 Å². The maximum atomic E-state index is 12.8. The van der Waals surface area contributed by atoms with E-state index in [2.05, 4.69) is 26.2 Å². The second-order valence-corrected chi connectivity index (χ2v) is 5.48. The van der Waals surface area contributed by atoms with E-state index in [0.29, 0.717) is 0 Å². The van der Waals surface area contributed by atoms with Gasteiger partial charge < -0.3 is 5.11 Å². The Bertz CT molecular complexity index is 785. The van der Waals surface area contributed by atoms with Gasteiger partial charge in [0.05, 0.1) is 5.69 Å². The summed E-state index contributed by atoms with van der Waals surface area (Å²) in [6.45, 7) is 0. The van der Waals surface area contributed by atoms with Gasteiger partial charge in [0.1, 0.15) is 0 Å². The Morgan fingerprint density at radius 2 is 1.58 bits per heavy atom. The van der Waals surface area contributed by atoms with Gasteiger partial charge >= 0.3 is 6.18 Å². The largest absolute Gasteiger partial charge is 0.505 e. The van der Waals surface area contributed by atoms with Crippen LogP contribution in [-0.4, -0.2) is 17.1 Å². The fraction of sp³-hybridized carbons (Fsp3) is 0.0625. The lowest BCUT2D eigenvalue weighted by molar-refractivity contribution is -0.166. The number of alkyl halides is 3. The molecule has 24 heavy (non-hydrogen) atoms. The van der Waals surface area contributed by atoms with E-state index >= 15 is 0 Å². The SMILES string of the molecule is O=C(/C(N=Nc1ccc(Br)cc1)=C(\O)c1ccccc1)C(F)(F)F. The van der Waals surface area contributed by atoms with Gasteiger partial charge in [-0.1, -0.05) is 46.3 Å². The Hall–Kier alpha value is -2.48. The first kappa shape index (κ1) is 17.9. The van der Waals surface area contributed by atoms with Gasteiger partial charge in [0.25, 0.3) is 5.78 Å². The summed E-state index contributed by atoms with van der Waals surface area (Å²) in [6, 6.07) is 13.5. The van der Waals surface area contributed by atoms with Crippen LogP contribution in [0.3, 0.4) is 0 Å². The molecular formula is C16H10BrF3N2O2. The molecule has 1 N–H and O–H groups in total. The molecule has 0 aliphatic rings. The number of ketones is 1. The smallest absolute Gasteiger partial charge is 0.456 e. The minimum Gasteiger partial charge on any atom is -0.505 e. The molecule has 4 nitrogen and oxygen atoms in total. The highest BCUT2D eigenvalue weighted by Gasteiger charge is 2.43.